The molecule has 0 spiro atoms. The molecule has 2 heterocycles. The van der Waals surface area contributed by atoms with Crippen molar-refractivity contribution in [2.75, 3.05) is 4.90 Å². The fourth-order valence-electron chi connectivity index (χ4n) is 9.14. The van der Waals surface area contributed by atoms with E-state index in [1.165, 1.54) is 85.3 Å². The van der Waals surface area contributed by atoms with Crippen LogP contribution in [0.3, 0.4) is 0 Å². The fraction of sp³-hybridized carbons (Fsp3) is 0. The Morgan fingerprint density at radius 2 is 0.787 bits per heavy atom. The molecule has 0 unspecified atom stereocenters. The van der Waals surface area contributed by atoms with E-state index in [2.05, 4.69) is 240 Å². The molecule has 0 aliphatic rings. The normalized spacial score (nSPS) is 11.6. The van der Waals surface area contributed by atoms with E-state index in [-0.39, 0.29) is 0 Å². The van der Waals surface area contributed by atoms with Gasteiger partial charge in [0.2, 0.25) is 0 Å². The maximum atomic E-state index is 2.39. The van der Waals surface area contributed by atoms with Gasteiger partial charge in [-0.2, -0.15) is 0 Å². The van der Waals surface area contributed by atoms with Gasteiger partial charge in [-0.3, -0.25) is 0 Å². The Hall–Kier alpha value is -7.42. The van der Waals surface area contributed by atoms with Crippen LogP contribution >= 0.6 is 0 Å². The Morgan fingerprint density at radius 3 is 1.49 bits per heavy atom. The summed E-state index contributed by atoms with van der Waals surface area (Å²) in [5, 5.41) is 7.79. The summed E-state index contributed by atoms with van der Waals surface area (Å²) in [7, 11) is 0. The van der Waals surface area contributed by atoms with Crippen molar-refractivity contribution in [3.8, 4) is 39.1 Å². The quantitative estimate of drug-likeness (QED) is 0.145. The Kier molecular flexibility index (Phi) is 8.55. The van der Waals surface area contributed by atoms with E-state index >= 15 is 0 Å². The first-order valence-electron chi connectivity index (χ1n) is 20.8. The molecule has 12 aromatic rings. The van der Waals surface area contributed by atoms with E-state index in [9.17, 15) is 0 Å². The van der Waals surface area contributed by atoms with Gasteiger partial charge >= 0.3 is 182 Å². The van der Waals surface area contributed by atoms with Crippen LogP contribution in [0.2, 0.25) is 0 Å². The molecule has 12 rings (SSSR count). The summed E-state index contributed by atoms with van der Waals surface area (Å²) < 4.78 is 5.33. The van der Waals surface area contributed by atoms with Crippen LogP contribution in [0.25, 0.3) is 90.9 Å². The number of fused-ring (bicyclic) bond motifs is 7. The first-order valence-corrected chi connectivity index (χ1v) is 22.5. The Balaban J connectivity index is 0.929. The van der Waals surface area contributed by atoms with Gasteiger partial charge in [0.25, 0.3) is 0 Å². The number of aromatic nitrogens is 1. The van der Waals surface area contributed by atoms with Gasteiger partial charge in [0.05, 0.1) is 11.0 Å². The van der Waals surface area contributed by atoms with Gasteiger partial charge in [0.15, 0.2) is 0 Å². The molecular formula is C58H38N2Se. The van der Waals surface area contributed by atoms with Crippen LogP contribution in [0.1, 0.15) is 0 Å². The van der Waals surface area contributed by atoms with Crippen molar-refractivity contribution in [3.05, 3.63) is 231 Å². The van der Waals surface area contributed by atoms with Gasteiger partial charge in [-0.05, 0) is 63.4 Å². The molecule has 0 saturated carbocycles. The number of rotatable bonds is 7. The predicted octanol–water partition coefficient (Wildman–Crippen LogP) is 15.8. The first-order chi connectivity index (χ1) is 30.2. The van der Waals surface area contributed by atoms with Crippen LogP contribution in [0.15, 0.2) is 231 Å². The predicted molar refractivity (Wildman–Crippen MR) is 261 cm³/mol. The number of hydrogen-bond acceptors (Lipinski definition) is 1. The molecule has 0 amide bonds. The molecule has 0 saturated heterocycles. The second kappa shape index (κ2) is 14.7. The summed E-state index contributed by atoms with van der Waals surface area (Å²) >= 11 is 0.364. The van der Waals surface area contributed by atoms with Gasteiger partial charge in [-0.1, -0.05) is 84.9 Å². The maximum absolute atomic E-state index is 2.39. The molecule has 0 radical (unpaired) electrons. The average Bonchev–Trinajstić information content (AvgIpc) is 3.87. The molecule has 0 aliphatic carbocycles. The number of nitrogens with zero attached hydrogens (tertiary/aromatic N) is 2. The van der Waals surface area contributed by atoms with Crippen LogP contribution in [-0.2, 0) is 0 Å². The minimum atomic E-state index is 0.364. The summed E-state index contributed by atoms with van der Waals surface area (Å²) in [6, 6.07) is 84.6. The molecule has 0 aliphatic heterocycles. The van der Waals surface area contributed by atoms with E-state index < -0.39 is 0 Å². The molecule has 0 bridgehead atoms. The number of anilines is 3. The van der Waals surface area contributed by atoms with Crippen molar-refractivity contribution in [1.82, 2.24) is 4.57 Å². The standard InChI is InChI=1S/C58H38N2Se/c1-2-12-47(13-3-1)60-55-16-8-6-14-51(55)52-34-26-46(38-56(52)60)42-24-32-50(33-25-42)59(48-28-20-40(21-29-48)44-19-18-39-10-4-5-11-43(39)36-44)49-30-22-41(23-31-49)45-27-35-58-54(37-45)53-15-7-9-17-57(53)61-58/h1-38H. The van der Waals surface area contributed by atoms with E-state index in [0.29, 0.717) is 14.5 Å². The Labute approximate surface area is 360 Å². The Morgan fingerprint density at radius 1 is 0.295 bits per heavy atom. The van der Waals surface area contributed by atoms with E-state index in [0.717, 1.165) is 22.7 Å². The minimum Gasteiger partial charge on any atom is -0.0602 e. The molecule has 3 heteroatoms. The molecule has 10 aromatic carbocycles. The molecule has 0 N–H and O–H groups in total. The number of hydrogen-bond donors (Lipinski definition) is 0. The third kappa shape index (κ3) is 6.26. The second-order valence-electron chi connectivity index (χ2n) is 15.8. The van der Waals surface area contributed by atoms with Gasteiger partial charge in [0, 0.05) is 16.5 Å². The minimum absolute atomic E-state index is 0.364. The van der Waals surface area contributed by atoms with E-state index in [1.54, 1.807) is 0 Å². The fourth-order valence-corrected chi connectivity index (χ4v) is 11.4. The van der Waals surface area contributed by atoms with Gasteiger partial charge in [0.1, 0.15) is 0 Å². The average molecular weight is 842 g/mol. The molecular weight excluding hydrogens is 804 g/mol. The monoisotopic (exact) mass is 842 g/mol. The van der Waals surface area contributed by atoms with Crippen molar-refractivity contribution < 1.29 is 0 Å². The second-order valence-corrected chi connectivity index (χ2v) is 18.0. The van der Waals surface area contributed by atoms with Crippen LogP contribution in [0.5, 0.6) is 0 Å². The molecule has 286 valence electrons. The molecule has 2 nitrogen and oxygen atoms in total. The summed E-state index contributed by atoms with van der Waals surface area (Å²) in [6.45, 7) is 0. The third-order valence-electron chi connectivity index (χ3n) is 12.2. The van der Waals surface area contributed by atoms with Crippen LogP contribution < -0.4 is 4.90 Å². The zero-order valence-corrected chi connectivity index (χ0v) is 35.0. The molecule has 0 atom stereocenters. The smallest absolute Gasteiger partial charge is 0.0602 e. The third-order valence-corrected chi connectivity index (χ3v) is 14.6. The SMILES string of the molecule is c1ccc(-n2c3ccccc3c3ccc(-c4ccc(N(c5ccc(-c6ccc7ccccc7c6)cc5)c5ccc(-c6ccc7[se]c8ccccc8c7c6)cc5)cc4)cc32)cc1. The number of para-hydroxylation sites is 2. The van der Waals surface area contributed by atoms with Crippen molar-refractivity contribution in [1.29, 1.82) is 0 Å². The van der Waals surface area contributed by atoms with E-state index in [4.69, 9.17) is 0 Å². The topological polar surface area (TPSA) is 8.17 Å². The first kappa shape index (κ1) is 35.5. The zero-order chi connectivity index (χ0) is 40.3. The van der Waals surface area contributed by atoms with Crippen LogP contribution in [-0.4, -0.2) is 19.1 Å². The summed E-state index contributed by atoms with van der Waals surface area (Å²) in [6.07, 6.45) is 0. The van der Waals surface area contributed by atoms with Crippen molar-refractivity contribution in [3.63, 3.8) is 0 Å². The summed E-state index contributed by atoms with van der Waals surface area (Å²) in [5.41, 5.74) is 14.1. The van der Waals surface area contributed by atoms with Crippen molar-refractivity contribution >= 4 is 83.4 Å². The Bertz CT molecular complexity index is 3560. The summed E-state index contributed by atoms with van der Waals surface area (Å²) in [4.78, 5) is 2.37. The van der Waals surface area contributed by atoms with Gasteiger partial charge in [-0.25, -0.2) is 0 Å². The van der Waals surface area contributed by atoms with Crippen LogP contribution in [0, 0.1) is 0 Å². The molecule has 61 heavy (non-hydrogen) atoms. The number of benzene rings is 10. The molecule has 2 aromatic heterocycles. The van der Waals surface area contributed by atoms with E-state index in [1.807, 2.05) is 0 Å². The van der Waals surface area contributed by atoms with Gasteiger partial charge < -0.3 is 4.57 Å². The van der Waals surface area contributed by atoms with Crippen molar-refractivity contribution in [2.45, 2.75) is 0 Å². The zero-order valence-electron chi connectivity index (χ0n) is 33.2. The van der Waals surface area contributed by atoms with Gasteiger partial charge in [-0.15, -0.1) is 0 Å². The van der Waals surface area contributed by atoms with Crippen molar-refractivity contribution in [2.24, 2.45) is 0 Å². The van der Waals surface area contributed by atoms with Crippen LogP contribution in [0.4, 0.5) is 17.1 Å². The molecule has 0 fully saturated rings. The summed E-state index contributed by atoms with van der Waals surface area (Å²) in [5.74, 6) is 0.